The molecular formula is C15H26O2. The number of carbonyl (C=O) groups excluding carboxylic acids is 1. The fraction of sp³-hybridized carbons (Fsp3) is 0.800. The van der Waals surface area contributed by atoms with E-state index in [4.69, 9.17) is 4.74 Å². The Labute approximate surface area is 105 Å². The van der Waals surface area contributed by atoms with Crippen molar-refractivity contribution in [2.75, 3.05) is 6.61 Å². The summed E-state index contributed by atoms with van der Waals surface area (Å²) in [6.07, 6.45) is 10.6. The minimum absolute atomic E-state index is 0.0540. The molecule has 1 aliphatic carbocycles. The summed E-state index contributed by atoms with van der Waals surface area (Å²) in [6, 6.07) is 0. The number of allylic oxidation sites excluding steroid dienone is 1. The summed E-state index contributed by atoms with van der Waals surface area (Å²) in [4.78, 5) is 11.6. The van der Waals surface area contributed by atoms with Gasteiger partial charge < -0.3 is 4.74 Å². The molecule has 0 aromatic rings. The average Bonchev–Trinajstić information content (AvgIpc) is 2.29. The number of ether oxygens (including phenoxy) is 1. The van der Waals surface area contributed by atoms with Crippen molar-refractivity contribution in [3.05, 3.63) is 11.1 Å². The number of esters is 1. The van der Waals surface area contributed by atoms with Crippen molar-refractivity contribution in [2.24, 2.45) is 0 Å². The quantitative estimate of drug-likeness (QED) is 0.440. The molecule has 0 unspecified atom stereocenters. The maximum absolute atomic E-state index is 11.6. The van der Waals surface area contributed by atoms with Gasteiger partial charge in [-0.25, -0.2) is 4.79 Å². The molecule has 1 aliphatic rings. The predicted molar refractivity (Wildman–Crippen MR) is 70.9 cm³/mol. The molecule has 0 aromatic carbocycles. The molecule has 0 aromatic heterocycles. The number of unbranched alkanes of at least 4 members (excludes halogenated alkanes) is 4. The molecule has 0 N–H and O–H groups in total. The predicted octanol–water partition coefficient (Wildman–Crippen LogP) is 4.39. The van der Waals surface area contributed by atoms with Crippen LogP contribution < -0.4 is 0 Å². The third-order valence-electron chi connectivity index (χ3n) is 3.37. The molecule has 0 saturated heterocycles. The van der Waals surface area contributed by atoms with Gasteiger partial charge in [0.1, 0.15) is 0 Å². The zero-order valence-corrected chi connectivity index (χ0v) is 11.4. The van der Waals surface area contributed by atoms with E-state index in [1.807, 2.05) is 6.92 Å². The standard InChI is InChI=1S/C15H26O2/c1-3-5-6-7-8-9-13-10-11-14(13)15(16)17-12-4-2/h3-12H2,1-2H3. The molecule has 2 heteroatoms. The van der Waals surface area contributed by atoms with E-state index in [0.717, 1.165) is 31.3 Å². The zero-order chi connectivity index (χ0) is 12.5. The third-order valence-corrected chi connectivity index (χ3v) is 3.37. The first kappa shape index (κ1) is 14.3. The topological polar surface area (TPSA) is 26.3 Å². The van der Waals surface area contributed by atoms with Crippen LogP contribution in [0.2, 0.25) is 0 Å². The molecular weight excluding hydrogens is 212 g/mol. The van der Waals surface area contributed by atoms with Crippen molar-refractivity contribution in [2.45, 2.75) is 71.6 Å². The first-order chi connectivity index (χ1) is 8.29. The van der Waals surface area contributed by atoms with E-state index in [2.05, 4.69) is 6.92 Å². The summed E-state index contributed by atoms with van der Waals surface area (Å²) < 4.78 is 5.17. The highest BCUT2D eigenvalue weighted by Gasteiger charge is 2.23. The summed E-state index contributed by atoms with van der Waals surface area (Å²) in [5.74, 6) is -0.0540. The lowest BCUT2D eigenvalue weighted by molar-refractivity contribution is -0.139. The molecule has 1 rings (SSSR count). The largest absolute Gasteiger partial charge is 0.462 e. The van der Waals surface area contributed by atoms with Crippen molar-refractivity contribution in [1.82, 2.24) is 0 Å². The maximum Gasteiger partial charge on any atom is 0.333 e. The fourth-order valence-electron chi connectivity index (χ4n) is 2.17. The van der Waals surface area contributed by atoms with Gasteiger partial charge in [0.25, 0.3) is 0 Å². The Hall–Kier alpha value is -0.790. The van der Waals surface area contributed by atoms with Crippen LogP contribution in [0, 0.1) is 0 Å². The molecule has 2 nitrogen and oxygen atoms in total. The van der Waals surface area contributed by atoms with Crippen LogP contribution in [-0.2, 0) is 9.53 Å². The van der Waals surface area contributed by atoms with Crippen molar-refractivity contribution >= 4 is 5.97 Å². The van der Waals surface area contributed by atoms with E-state index in [9.17, 15) is 4.79 Å². The molecule has 0 atom stereocenters. The maximum atomic E-state index is 11.6. The fourth-order valence-corrected chi connectivity index (χ4v) is 2.17. The van der Waals surface area contributed by atoms with Crippen LogP contribution in [-0.4, -0.2) is 12.6 Å². The van der Waals surface area contributed by atoms with Crippen LogP contribution in [0.25, 0.3) is 0 Å². The normalized spacial score (nSPS) is 14.7. The first-order valence-corrected chi connectivity index (χ1v) is 7.17. The second-order valence-corrected chi connectivity index (χ2v) is 4.88. The SMILES string of the molecule is CCCCCCCC1=C(C(=O)OCCC)CC1. The first-order valence-electron chi connectivity index (χ1n) is 7.17. The van der Waals surface area contributed by atoms with Gasteiger partial charge in [-0.05, 0) is 32.1 Å². The van der Waals surface area contributed by atoms with Crippen molar-refractivity contribution < 1.29 is 9.53 Å². The van der Waals surface area contributed by atoms with Gasteiger partial charge in [0.15, 0.2) is 0 Å². The van der Waals surface area contributed by atoms with E-state index >= 15 is 0 Å². The van der Waals surface area contributed by atoms with Gasteiger partial charge in [-0.2, -0.15) is 0 Å². The van der Waals surface area contributed by atoms with E-state index < -0.39 is 0 Å². The Bertz CT molecular complexity index is 266. The lowest BCUT2D eigenvalue weighted by Gasteiger charge is -2.22. The molecule has 0 amide bonds. The van der Waals surface area contributed by atoms with Gasteiger partial charge in [-0.3, -0.25) is 0 Å². The second-order valence-electron chi connectivity index (χ2n) is 4.88. The Balaban J connectivity index is 2.21. The Morgan fingerprint density at radius 1 is 1.06 bits per heavy atom. The summed E-state index contributed by atoms with van der Waals surface area (Å²) in [7, 11) is 0. The minimum atomic E-state index is -0.0540. The second kappa shape index (κ2) is 8.32. The highest BCUT2D eigenvalue weighted by atomic mass is 16.5. The molecule has 0 fully saturated rings. The number of hydrogen-bond donors (Lipinski definition) is 0. The van der Waals surface area contributed by atoms with Gasteiger partial charge in [-0.1, -0.05) is 45.1 Å². The monoisotopic (exact) mass is 238 g/mol. The van der Waals surface area contributed by atoms with Crippen molar-refractivity contribution in [3.8, 4) is 0 Å². The Kier molecular flexibility index (Phi) is 6.99. The number of rotatable bonds is 9. The molecule has 98 valence electrons. The highest BCUT2D eigenvalue weighted by Crippen LogP contribution is 2.32. The summed E-state index contributed by atoms with van der Waals surface area (Å²) in [5.41, 5.74) is 2.34. The Morgan fingerprint density at radius 3 is 2.41 bits per heavy atom. The number of hydrogen-bond acceptors (Lipinski definition) is 2. The summed E-state index contributed by atoms with van der Waals surface area (Å²) in [5, 5.41) is 0. The average molecular weight is 238 g/mol. The molecule has 0 spiro atoms. The van der Waals surface area contributed by atoms with E-state index in [1.54, 1.807) is 0 Å². The lowest BCUT2D eigenvalue weighted by Crippen LogP contribution is -2.17. The van der Waals surface area contributed by atoms with Gasteiger partial charge in [-0.15, -0.1) is 0 Å². The zero-order valence-electron chi connectivity index (χ0n) is 11.4. The van der Waals surface area contributed by atoms with Crippen LogP contribution in [0.3, 0.4) is 0 Å². The van der Waals surface area contributed by atoms with Gasteiger partial charge in [0.2, 0.25) is 0 Å². The number of carbonyl (C=O) groups is 1. The summed E-state index contributed by atoms with van der Waals surface area (Å²) in [6.45, 7) is 4.82. The lowest BCUT2D eigenvalue weighted by atomic mass is 9.85. The van der Waals surface area contributed by atoms with Crippen LogP contribution in [0.5, 0.6) is 0 Å². The van der Waals surface area contributed by atoms with Crippen LogP contribution in [0.4, 0.5) is 0 Å². The van der Waals surface area contributed by atoms with E-state index in [1.165, 1.54) is 37.7 Å². The van der Waals surface area contributed by atoms with Gasteiger partial charge in [0, 0.05) is 5.57 Å². The minimum Gasteiger partial charge on any atom is -0.462 e. The molecule has 0 aliphatic heterocycles. The molecule has 0 saturated carbocycles. The highest BCUT2D eigenvalue weighted by molar-refractivity contribution is 5.91. The summed E-state index contributed by atoms with van der Waals surface area (Å²) >= 11 is 0. The van der Waals surface area contributed by atoms with Gasteiger partial charge in [0.05, 0.1) is 6.61 Å². The van der Waals surface area contributed by atoms with Gasteiger partial charge >= 0.3 is 5.97 Å². The third kappa shape index (κ3) is 4.93. The van der Waals surface area contributed by atoms with E-state index in [-0.39, 0.29) is 5.97 Å². The van der Waals surface area contributed by atoms with E-state index in [0.29, 0.717) is 6.61 Å². The molecule has 0 radical (unpaired) electrons. The molecule has 17 heavy (non-hydrogen) atoms. The van der Waals surface area contributed by atoms with Crippen molar-refractivity contribution in [1.29, 1.82) is 0 Å². The van der Waals surface area contributed by atoms with Crippen LogP contribution in [0.1, 0.15) is 71.6 Å². The molecule has 0 bridgehead atoms. The van der Waals surface area contributed by atoms with Crippen molar-refractivity contribution in [3.63, 3.8) is 0 Å². The van der Waals surface area contributed by atoms with Crippen LogP contribution >= 0.6 is 0 Å². The Morgan fingerprint density at radius 2 is 1.82 bits per heavy atom. The molecule has 0 heterocycles. The van der Waals surface area contributed by atoms with Crippen LogP contribution in [0.15, 0.2) is 11.1 Å². The smallest absolute Gasteiger partial charge is 0.333 e.